The van der Waals surface area contributed by atoms with Crippen LogP contribution in [-0.4, -0.2) is 32.3 Å². The minimum atomic E-state index is -1.13. The number of rotatable bonds is 5. The van der Waals surface area contributed by atoms with E-state index in [0.717, 1.165) is 17.0 Å². The third-order valence-corrected chi connectivity index (χ3v) is 5.42. The molecule has 0 unspecified atom stereocenters. The van der Waals surface area contributed by atoms with Gasteiger partial charge in [-0.15, -0.1) is 10.2 Å². The van der Waals surface area contributed by atoms with Gasteiger partial charge >= 0.3 is 5.97 Å². The first-order chi connectivity index (χ1) is 13.8. The van der Waals surface area contributed by atoms with E-state index in [0.29, 0.717) is 22.2 Å². The van der Waals surface area contributed by atoms with Crippen LogP contribution in [0.15, 0.2) is 28.9 Å². The largest absolute Gasteiger partial charge is 0.478 e. The van der Waals surface area contributed by atoms with Crippen molar-refractivity contribution in [2.75, 3.05) is 11.9 Å². The maximum Gasteiger partial charge on any atom is 0.339 e. The summed E-state index contributed by atoms with van der Waals surface area (Å²) in [6, 6.07) is 5.19. The Labute approximate surface area is 185 Å². The molecule has 4 N–H and O–H groups in total. The number of benzene rings is 1. The number of carboxylic acid groups (broad SMARTS) is 1. The molecule has 0 bridgehead atoms. The summed E-state index contributed by atoms with van der Waals surface area (Å²) in [5, 5.41) is 20.9. The standard InChI is InChI=1S/C14H9BrCl2N4O2.C4H9NO/c1-6-19-20-13-11(17)12(8(14(22)23)5-21(6)13)18-10-3-2-7(15)4-9(10)16;5-6-3-4-1-2-4/h2-5,18H,1H3,(H,22,23);4H,1-3,5H2. The van der Waals surface area contributed by atoms with Gasteiger partial charge in [-0.25, -0.2) is 10.7 Å². The Kier molecular flexibility index (Phi) is 6.97. The molecule has 0 spiro atoms. The average Bonchev–Trinajstić information content (AvgIpc) is 3.41. The highest BCUT2D eigenvalue weighted by molar-refractivity contribution is 9.10. The molecular formula is C18H18BrCl2N5O3. The molecule has 0 radical (unpaired) electrons. The van der Waals surface area contributed by atoms with E-state index in [4.69, 9.17) is 29.1 Å². The summed E-state index contributed by atoms with van der Waals surface area (Å²) in [6.07, 6.45) is 4.06. The molecule has 29 heavy (non-hydrogen) atoms. The highest BCUT2D eigenvalue weighted by atomic mass is 79.9. The molecule has 0 atom stereocenters. The van der Waals surface area contributed by atoms with E-state index in [2.05, 4.69) is 36.3 Å². The Balaban J connectivity index is 0.000000343. The number of hydrogen-bond acceptors (Lipinski definition) is 6. The second-order valence-electron chi connectivity index (χ2n) is 6.50. The molecule has 2 aromatic heterocycles. The van der Waals surface area contributed by atoms with Gasteiger partial charge in [0.2, 0.25) is 0 Å². The number of nitrogens with two attached hydrogens (primary N) is 1. The Morgan fingerprint density at radius 1 is 1.41 bits per heavy atom. The van der Waals surface area contributed by atoms with Crippen molar-refractivity contribution in [1.82, 2.24) is 14.6 Å². The van der Waals surface area contributed by atoms with Gasteiger partial charge in [-0.2, -0.15) is 0 Å². The summed E-state index contributed by atoms with van der Waals surface area (Å²) >= 11 is 15.8. The van der Waals surface area contributed by atoms with Gasteiger partial charge in [0.25, 0.3) is 0 Å². The van der Waals surface area contributed by atoms with Gasteiger partial charge in [0.1, 0.15) is 16.4 Å². The van der Waals surface area contributed by atoms with Crippen LogP contribution in [0.3, 0.4) is 0 Å². The van der Waals surface area contributed by atoms with Crippen LogP contribution in [0.5, 0.6) is 0 Å². The highest BCUT2D eigenvalue weighted by Crippen LogP contribution is 2.35. The Hall–Kier alpha value is -1.91. The van der Waals surface area contributed by atoms with Crippen molar-refractivity contribution in [3.8, 4) is 0 Å². The van der Waals surface area contributed by atoms with E-state index in [1.165, 1.54) is 23.4 Å². The number of nitrogens with zero attached hydrogens (tertiary/aromatic N) is 3. The third kappa shape index (κ3) is 5.18. The molecule has 1 aliphatic rings. The summed E-state index contributed by atoms with van der Waals surface area (Å²) < 4.78 is 2.33. The molecule has 0 amide bonds. The number of aryl methyl sites for hydroxylation is 1. The first-order valence-electron chi connectivity index (χ1n) is 8.62. The second kappa shape index (κ2) is 9.27. The summed E-state index contributed by atoms with van der Waals surface area (Å²) in [5.74, 6) is 4.98. The molecule has 1 fully saturated rings. The summed E-state index contributed by atoms with van der Waals surface area (Å²) in [5.41, 5.74) is 1.09. The molecule has 4 rings (SSSR count). The van der Waals surface area contributed by atoms with Crippen LogP contribution in [-0.2, 0) is 4.84 Å². The molecule has 8 nitrogen and oxygen atoms in total. The van der Waals surface area contributed by atoms with Crippen molar-refractivity contribution >= 4 is 62.1 Å². The fourth-order valence-corrected chi connectivity index (χ4v) is 3.53. The van der Waals surface area contributed by atoms with E-state index < -0.39 is 5.97 Å². The van der Waals surface area contributed by atoms with Gasteiger partial charge < -0.3 is 15.3 Å². The fraction of sp³-hybridized carbons (Fsp3) is 0.278. The predicted octanol–water partition coefficient (Wildman–Crippen LogP) is 4.84. The topological polar surface area (TPSA) is 115 Å². The number of pyridine rings is 1. The normalized spacial score (nSPS) is 13.1. The van der Waals surface area contributed by atoms with Crippen molar-refractivity contribution in [3.63, 3.8) is 0 Å². The van der Waals surface area contributed by atoms with Crippen molar-refractivity contribution < 1.29 is 14.7 Å². The predicted molar refractivity (Wildman–Crippen MR) is 115 cm³/mol. The SMILES string of the molecule is Cc1nnc2c(Cl)c(Nc3ccc(Br)cc3Cl)c(C(=O)O)cn12.NOCC1CC1. The number of carboxylic acids is 1. The number of fused-ring (bicyclic) bond motifs is 1. The monoisotopic (exact) mass is 501 g/mol. The number of nitrogens with one attached hydrogen (secondary N) is 1. The Morgan fingerprint density at radius 3 is 2.69 bits per heavy atom. The van der Waals surface area contributed by atoms with Crippen LogP contribution in [0.2, 0.25) is 10.0 Å². The zero-order valence-electron chi connectivity index (χ0n) is 15.3. The number of aromatic carboxylic acids is 1. The van der Waals surface area contributed by atoms with Crippen molar-refractivity contribution in [3.05, 3.63) is 50.3 Å². The fourth-order valence-electron chi connectivity index (χ4n) is 2.53. The van der Waals surface area contributed by atoms with Crippen LogP contribution in [0.25, 0.3) is 5.65 Å². The number of carbonyl (C=O) groups is 1. The number of hydrogen-bond donors (Lipinski definition) is 3. The molecule has 11 heteroatoms. The van der Waals surface area contributed by atoms with Crippen LogP contribution in [0.4, 0.5) is 11.4 Å². The zero-order chi connectivity index (χ0) is 21.1. The smallest absolute Gasteiger partial charge is 0.339 e. The van der Waals surface area contributed by atoms with Crippen molar-refractivity contribution in [2.24, 2.45) is 11.8 Å². The van der Waals surface area contributed by atoms with Crippen molar-refractivity contribution in [2.45, 2.75) is 19.8 Å². The number of aromatic nitrogens is 3. The lowest BCUT2D eigenvalue weighted by Crippen LogP contribution is -2.07. The van der Waals surface area contributed by atoms with E-state index in [9.17, 15) is 9.90 Å². The van der Waals surface area contributed by atoms with Gasteiger partial charge in [0.15, 0.2) is 5.65 Å². The van der Waals surface area contributed by atoms with Gasteiger partial charge in [-0.1, -0.05) is 39.1 Å². The van der Waals surface area contributed by atoms with E-state index >= 15 is 0 Å². The second-order valence-corrected chi connectivity index (χ2v) is 8.20. The maximum absolute atomic E-state index is 11.6. The highest BCUT2D eigenvalue weighted by Gasteiger charge is 2.21. The average molecular weight is 503 g/mol. The Morgan fingerprint density at radius 2 is 2.14 bits per heavy atom. The van der Waals surface area contributed by atoms with E-state index in [-0.39, 0.29) is 16.3 Å². The third-order valence-electron chi connectivity index (χ3n) is 4.26. The zero-order valence-corrected chi connectivity index (χ0v) is 18.4. The minimum absolute atomic E-state index is 0.00983. The summed E-state index contributed by atoms with van der Waals surface area (Å²) in [7, 11) is 0. The quantitative estimate of drug-likeness (QED) is 0.427. The van der Waals surface area contributed by atoms with Crippen LogP contribution in [0, 0.1) is 12.8 Å². The van der Waals surface area contributed by atoms with Gasteiger partial charge in [-0.3, -0.25) is 4.40 Å². The molecular weight excluding hydrogens is 485 g/mol. The molecule has 0 aliphatic heterocycles. The summed E-state index contributed by atoms with van der Waals surface area (Å²) in [4.78, 5) is 16.0. The van der Waals surface area contributed by atoms with Gasteiger partial charge in [0, 0.05) is 10.7 Å². The first-order valence-corrected chi connectivity index (χ1v) is 10.2. The lowest BCUT2D eigenvalue weighted by molar-refractivity contribution is 0.0697. The molecule has 2 heterocycles. The lowest BCUT2D eigenvalue weighted by atomic mass is 10.2. The first kappa shape index (κ1) is 21.8. The minimum Gasteiger partial charge on any atom is -0.478 e. The van der Waals surface area contributed by atoms with Crippen LogP contribution >= 0.6 is 39.1 Å². The molecule has 1 saturated carbocycles. The van der Waals surface area contributed by atoms with E-state index in [1.807, 2.05) is 0 Å². The molecule has 154 valence electrons. The molecule has 0 saturated heterocycles. The van der Waals surface area contributed by atoms with Crippen LogP contribution in [0.1, 0.15) is 29.0 Å². The maximum atomic E-state index is 11.6. The molecule has 3 aromatic rings. The number of anilines is 2. The summed E-state index contributed by atoms with van der Waals surface area (Å²) in [6.45, 7) is 2.47. The Bertz CT molecular complexity index is 1060. The van der Waals surface area contributed by atoms with Gasteiger partial charge in [-0.05, 0) is 43.9 Å². The molecule has 1 aliphatic carbocycles. The lowest BCUT2D eigenvalue weighted by Gasteiger charge is -2.14. The van der Waals surface area contributed by atoms with Crippen molar-refractivity contribution in [1.29, 1.82) is 0 Å². The van der Waals surface area contributed by atoms with Crippen LogP contribution < -0.4 is 11.2 Å². The number of halogens is 3. The molecule has 1 aromatic carbocycles. The van der Waals surface area contributed by atoms with E-state index in [1.54, 1.807) is 25.1 Å². The van der Waals surface area contributed by atoms with Gasteiger partial charge in [0.05, 0.1) is 23.0 Å².